The summed E-state index contributed by atoms with van der Waals surface area (Å²) in [5, 5.41) is 0.736. The molecule has 0 radical (unpaired) electrons. The molecule has 0 aromatic heterocycles. The van der Waals surface area contributed by atoms with Gasteiger partial charge in [-0.3, -0.25) is 0 Å². The van der Waals surface area contributed by atoms with Crippen molar-refractivity contribution in [2.45, 2.75) is 37.9 Å². The molecular weight excluding hydrogens is 463 g/mol. The van der Waals surface area contributed by atoms with Crippen molar-refractivity contribution in [3.8, 4) is 11.5 Å². The molecule has 0 fully saturated rings. The molecule has 0 amide bonds. The molecule has 0 spiro atoms. The Labute approximate surface area is 187 Å². The van der Waals surface area contributed by atoms with Gasteiger partial charge < -0.3 is 0 Å². The zero-order chi connectivity index (χ0) is 22.0. The molecule has 0 aliphatic rings. The third-order valence-corrected chi connectivity index (χ3v) is 8.16. The summed E-state index contributed by atoms with van der Waals surface area (Å²) in [6.45, 7) is 9.73. The zero-order valence-corrected chi connectivity index (χ0v) is 21.2. The van der Waals surface area contributed by atoms with Crippen molar-refractivity contribution < 1.29 is 23.7 Å². The average Bonchev–Trinajstić information content (AvgIpc) is 2.70. The van der Waals surface area contributed by atoms with E-state index in [0.717, 1.165) is 16.9 Å². The summed E-state index contributed by atoms with van der Waals surface area (Å²) < 4.78 is 23.5. The summed E-state index contributed by atoms with van der Waals surface area (Å²) in [7, 11) is 0.256. The fourth-order valence-electron chi connectivity index (χ4n) is 2.68. The predicted octanol–water partition coefficient (Wildman–Crippen LogP) is 4.09. The van der Waals surface area contributed by atoms with Crippen molar-refractivity contribution in [2.75, 3.05) is 27.1 Å². The van der Waals surface area contributed by atoms with Gasteiger partial charge in [-0.05, 0) is 0 Å². The molecule has 164 valence electrons. The molecule has 0 saturated heterocycles. The first-order valence-corrected chi connectivity index (χ1v) is 15.9. The van der Waals surface area contributed by atoms with Crippen LogP contribution in [-0.4, -0.2) is 56.1 Å². The first kappa shape index (κ1) is 24.5. The molecule has 5 nitrogen and oxygen atoms in total. The second-order valence-corrected chi connectivity index (χ2v) is 15.8. The molecular formula is C23H32O5SeSi. The second kappa shape index (κ2) is 12.2. The number of ether oxygens (including phenoxy) is 4. The van der Waals surface area contributed by atoms with Gasteiger partial charge in [0.2, 0.25) is 0 Å². The van der Waals surface area contributed by atoms with Crippen LogP contribution in [0.25, 0.3) is 0 Å². The van der Waals surface area contributed by atoms with Gasteiger partial charge in [0.25, 0.3) is 0 Å². The van der Waals surface area contributed by atoms with Crippen LogP contribution in [0.5, 0.6) is 11.5 Å². The molecule has 0 aliphatic heterocycles. The van der Waals surface area contributed by atoms with E-state index >= 15 is 0 Å². The fraction of sp³-hybridized carbons (Fsp3) is 0.435. The summed E-state index contributed by atoms with van der Waals surface area (Å²) in [5.74, 6) is 0.780. The first-order chi connectivity index (χ1) is 14.3. The van der Waals surface area contributed by atoms with E-state index in [1.54, 1.807) is 13.2 Å². The molecule has 7 heteroatoms. The Morgan fingerprint density at radius 3 is 2.43 bits per heavy atom. The van der Waals surface area contributed by atoms with E-state index in [0.29, 0.717) is 30.3 Å². The normalized spacial score (nSPS) is 11.2. The number of methoxy groups -OCH3 is 1. The van der Waals surface area contributed by atoms with Crippen molar-refractivity contribution in [3.63, 3.8) is 0 Å². The number of hydrogen-bond donors (Lipinski definition) is 0. The summed E-state index contributed by atoms with van der Waals surface area (Å²) in [6, 6.07) is 14.9. The van der Waals surface area contributed by atoms with Gasteiger partial charge in [0.15, 0.2) is 0 Å². The van der Waals surface area contributed by atoms with Gasteiger partial charge in [0.05, 0.1) is 0 Å². The van der Waals surface area contributed by atoms with Crippen molar-refractivity contribution in [1.82, 2.24) is 0 Å². The molecule has 0 heterocycles. The van der Waals surface area contributed by atoms with E-state index < -0.39 is 8.07 Å². The Hall–Kier alpha value is -1.79. The van der Waals surface area contributed by atoms with E-state index in [2.05, 4.69) is 31.8 Å². The van der Waals surface area contributed by atoms with E-state index in [-0.39, 0.29) is 27.7 Å². The summed E-state index contributed by atoms with van der Waals surface area (Å²) >= 11 is 0.165. The van der Waals surface area contributed by atoms with Crippen LogP contribution in [-0.2, 0) is 14.8 Å². The van der Waals surface area contributed by atoms with Crippen molar-refractivity contribution in [2.24, 2.45) is 0 Å². The number of carbonyl (C=O) groups is 1. The van der Waals surface area contributed by atoms with Gasteiger partial charge in [-0.25, -0.2) is 0 Å². The van der Waals surface area contributed by atoms with Crippen LogP contribution >= 0.6 is 0 Å². The zero-order valence-electron chi connectivity index (χ0n) is 18.5. The van der Waals surface area contributed by atoms with E-state index in [9.17, 15) is 4.79 Å². The van der Waals surface area contributed by atoms with Crippen LogP contribution in [0.15, 0.2) is 42.5 Å². The minimum absolute atomic E-state index is 0.0496. The van der Waals surface area contributed by atoms with Crippen molar-refractivity contribution in [1.29, 1.82) is 0 Å². The minimum atomic E-state index is -1.30. The summed E-state index contributed by atoms with van der Waals surface area (Å²) in [6.07, 6.45) is 0. The number of esters is 1. The molecule has 0 aliphatic carbocycles. The Morgan fingerprint density at radius 1 is 1.07 bits per heavy atom. The van der Waals surface area contributed by atoms with E-state index in [1.165, 1.54) is 4.46 Å². The summed E-state index contributed by atoms with van der Waals surface area (Å²) in [4.78, 5) is 13.1. The van der Waals surface area contributed by atoms with Crippen molar-refractivity contribution >= 4 is 33.5 Å². The molecule has 0 bridgehead atoms. The third-order valence-electron chi connectivity index (χ3n) is 4.23. The van der Waals surface area contributed by atoms with Crippen LogP contribution in [0.1, 0.15) is 22.8 Å². The van der Waals surface area contributed by atoms with Gasteiger partial charge in [-0.2, -0.15) is 0 Å². The number of benzene rings is 2. The maximum atomic E-state index is 13.1. The summed E-state index contributed by atoms with van der Waals surface area (Å²) in [5.41, 5.74) is 1.36. The molecule has 2 rings (SSSR count). The standard InChI is InChI=1S/C23H32O5SeSi/c1-6-26-19-14-18(16-29-20-10-8-7-9-11-20)22(21(15-19)28-17-25-2)23(24)27-12-13-30(3,4)5/h7-11,14-15H,6,12-13,16-17H2,1-5H3. The average molecular weight is 496 g/mol. The van der Waals surface area contributed by atoms with Gasteiger partial charge >= 0.3 is 187 Å². The molecule has 0 saturated carbocycles. The van der Waals surface area contributed by atoms with E-state index in [4.69, 9.17) is 18.9 Å². The second-order valence-electron chi connectivity index (χ2n) is 7.99. The van der Waals surface area contributed by atoms with E-state index in [1.807, 2.05) is 31.2 Å². The molecule has 0 unspecified atom stereocenters. The molecule has 0 N–H and O–H groups in total. The van der Waals surface area contributed by atoms with Gasteiger partial charge in [-0.15, -0.1) is 0 Å². The predicted molar refractivity (Wildman–Crippen MR) is 124 cm³/mol. The topological polar surface area (TPSA) is 54.0 Å². The number of rotatable bonds is 12. The van der Waals surface area contributed by atoms with Crippen LogP contribution in [0.4, 0.5) is 0 Å². The maximum absolute atomic E-state index is 13.1. The van der Waals surface area contributed by atoms with Crippen LogP contribution in [0, 0.1) is 0 Å². The van der Waals surface area contributed by atoms with Crippen LogP contribution < -0.4 is 13.9 Å². The Morgan fingerprint density at radius 2 is 1.80 bits per heavy atom. The van der Waals surface area contributed by atoms with Gasteiger partial charge in [-0.1, -0.05) is 0 Å². The van der Waals surface area contributed by atoms with Crippen LogP contribution in [0.2, 0.25) is 25.7 Å². The van der Waals surface area contributed by atoms with Crippen LogP contribution in [0.3, 0.4) is 0 Å². The monoisotopic (exact) mass is 496 g/mol. The quantitative estimate of drug-likeness (QED) is 0.252. The van der Waals surface area contributed by atoms with Gasteiger partial charge in [0.1, 0.15) is 0 Å². The van der Waals surface area contributed by atoms with Crippen molar-refractivity contribution in [3.05, 3.63) is 53.6 Å². The SMILES string of the molecule is CCOc1cc(C[Se]c2ccccc2)c(C(=O)OCC[Si](C)(C)C)c(OCOC)c1. The fourth-order valence-corrected chi connectivity index (χ4v) is 5.28. The Bertz CT molecular complexity index is 805. The third kappa shape index (κ3) is 8.15. The number of carbonyl (C=O) groups excluding carboxylic acids is 1. The molecule has 2 aromatic carbocycles. The Balaban J connectivity index is 2.33. The number of hydrogen-bond acceptors (Lipinski definition) is 5. The Kier molecular flexibility index (Phi) is 9.92. The first-order valence-electron chi connectivity index (χ1n) is 10.1. The molecule has 2 aromatic rings. The molecule has 30 heavy (non-hydrogen) atoms. The van der Waals surface area contributed by atoms with Gasteiger partial charge in [0, 0.05) is 0 Å². The molecule has 0 atom stereocenters.